The third kappa shape index (κ3) is 2.46. The summed E-state index contributed by atoms with van der Waals surface area (Å²) in [6.07, 6.45) is 2.40. The summed E-state index contributed by atoms with van der Waals surface area (Å²) in [4.78, 5) is 10.0. The molecule has 0 heterocycles. The van der Waals surface area contributed by atoms with E-state index in [2.05, 4.69) is 0 Å². The monoisotopic (exact) mass is 162 g/mol. The first-order valence-corrected chi connectivity index (χ1v) is 3.43. The zero-order valence-electron chi connectivity index (χ0n) is 6.36. The molecule has 0 saturated heterocycles. The Hall–Kier alpha value is -1.77. The normalized spacial score (nSPS) is 10.3. The van der Waals surface area contributed by atoms with E-state index in [4.69, 9.17) is 5.73 Å². The molecule has 3 heteroatoms. The van der Waals surface area contributed by atoms with Crippen LogP contribution in [0.1, 0.15) is 5.56 Å². The van der Waals surface area contributed by atoms with E-state index >= 15 is 0 Å². The summed E-state index contributed by atoms with van der Waals surface area (Å²) in [5.41, 5.74) is 6.82. The van der Waals surface area contributed by atoms with Gasteiger partial charge in [-0.25, -0.2) is 0 Å². The Morgan fingerprint density at radius 3 is 2.83 bits per heavy atom. The Morgan fingerprint density at radius 2 is 2.25 bits per heavy atom. The molecule has 1 rings (SSSR count). The number of carboxylic acids is 1. The molecule has 0 saturated carbocycles. The van der Waals surface area contributed by atoms with Crippen molar-refractivity contribution in [3.05, 3.63) is 35.9 Å². The van der Waals surface area contributed by atoms with E-state index in [-0.39, 0.29) is 0 Å². The van der Waals surface area contributed by atoms with Crippen LogP contribution in [0.25, 0.3) is 6.08 Å². The van der Waals surface area contributed by atoms with Crippen LogP contribution in [-0.2, 0) is 4.79 Å². The molecule has 62 valence electrons. The molecular weight excluding hydrogens is 154 g/mol. The molecular formula is C9H8NO2-. The first-order valence-electron chi connectivity index (χ1n) is 3.43. The highest BCUT2D eigenvalue weighted by Crippen LogP contribution is 2.07. The maximum Gasteiger partial charge on any atom is 0.0643 e. The van der Waals surface area contributed by atoms with Crippen molar-refractivity contribution in [1.82, 2.24) is 0 Å². The summed E-state index contributed by atoms with van der Waals surface area (Å²) in [5.74, 6) is -1.21. The van der Waals surface area contributed by atoms with Crippen LogP contribution in [0.5, 0.6) is 0 Å². The summed E-state index contributed by atoms with van der Waals surface area (Å²) < 4.78 is 0. The van der Waals surface area contributed by atoms with Crippen LogP contribution in [0, 0.1) is 0 Å². The van der Waals surface area contributed by atoms with Crippen LogP contribution in [0.3, 0.4) is 0 Å². The second kappa shape index (κ2) is 3.57. The smallest absolute Gasteiger partial charge is 0.0643 e. The molecule has 0 bridgehead atoms. The Kier molecular flexibility index (Phi) is 2.48. The number of carbonyl (C=O) groups excluding carboxylic acids is 1. The van der Waals surface area contributed by atoms with Gasteiger partial charge in [0, 0.05) is 5.69 Å². The standard InChI is InChI=1S/C9H9NO2/c10-8-3-1-2-7(6-8)4-5-9(11)12/h1-6H,10H2,(H,11,12)/p-1. The molecule has 1 aromatic carbocycles. The van der Waals surface area contributed by atoms with Gasteiger partial charge in [0.25, 0.3) is 0 Å². The minimum atomic E-state index is -1.21. The van der Waals surface area contributed by atoms with Crippen LogP contribution in [0.15, 0.2) is 30.3 Å². The molecule has 0 radical (unpaired) electrons. The van der Waals surface area contributed by atoms with Crippen LogP contribution in [-0.4, -0.2) is 5.97 Å². The van der Waals surface area contributed by atoms with Crippen molar-refractivity contribution in [3.63, 3.8) is 0 Å². The number of anilines is 1. The minimum absolute atomic E-state index is 0.607. The summed E-state index contributed by atoms with van der Waals surface area (Å²) in [6, 6.07) is 6.93. The molecule has 2 N–H and O–H groups in total. The fourth-order valence-corrected chi connectivity index (χ4v) is 0.827. The number of hydrogen-bond acceptors (Lipinski definition) is 3. The first kappa shape index (κ1) is 8.33. The summed E-state index contributed by atoms with van der Waals surface area (Å²) >= 11 is 0. The molecule has 0 aromatic heterocycles. The van der Waals surface area contributed by atoms with Gasteiger partial charge in [0.1, 0.15) is 0 Å². The van der Waals surface area contributed by atoms with Gasteiger partial charge in [-0.3, -0.25) is 0 Å². The quantitative estimate of drug-likeness (QED) is 0.493. The van der Waals surface area contributed by atoms with E-state index in [1.165, 1.54) is 6.08 Å². The Balaban J connectivity index is 2.83. The van der Waals surface area contributed by atoms with Crippen molar-refractivity contribution in [2.24, 2.45) is 0 Å². The summed E-state index contributed by atoms with van der Waals surface area (Å²) in [5, 5.41) is 10.0. The van der Waals surface area contributed by atoms with E-state index in [1.807, 2.05) is 0 Å². The predicted molar refractivity (Wildman–Crippen MR) is 44.9 cm³/mol. The SMILES string of the molecule is Nc1cccc(C=CC(=O)[O-])c1. The van der Waals surface area contributed by atoms with Gasteiger partial charge in [0.05, 0.1) is 5.97 Å². The van der Waals surface area contributed by atoms with Crippen LogP contribution in [0.4, 0.5) is 5.69 Å². The zero-order chi connectivity index (χ0) is 8.97. The molecule has 0 amide bonds. The Labute approximate surface area is 70.1 Å². The topological polar surface area (TPSA) is 66.2 Å². The molecule has 0 atom stereocenters. The fraction of sp³-hybridized carbons (Fsp3) is 0. The lowest BCUT2D eigenvalue weighted by atomic mass is 10.2. The van der Waals surface area contributed by atoms with E-state index in [1.54, 1.807) is 24.3 Å². The van der Waals surface area contributed by atoms with Crippen LogP contribution < -0.4 is 10.8 Å². The minimum Gasteiger partial charge on any atom is -0.545 e. The molecule has 1 aromatic rings. The molecule has 0 unspecified atom stereocenters. The highest BCUT2D eigenvalue weighted by atomic mass is 16.4. The molecule has 0 spiro atoms. The molecule has 0 aliphatic rings. The number of nitrogens with two attached hydrogens (primary N) is 1. The third-order valence-corrected chi connectivity index (χ3v) is 1.32. The second-order valence-corrected chi connectivity index (χ2v) is 2.32. The van der Waals surface area contributed by atoms with Crippen molar-refractivity contribution >= 4 is 17.7 Å². The van der Waals surface area contributed by atoms with Crippen molar-refractivity contribution in [1.29, 1.82) is 0 Å². The number of hydrogen-bond donors (Lipinski definition) is 1. The highest BCUT2D eigenvalue weighted by Gasteiger charge is 1.86. The number of benzene rings is 1. The predicted octanol–water partition coefficient (Wildman–Crippen LogP) is 0.0319. The van der Waals surface area contributed by atoms with E-state index in [9.17, 15) is 9.90 Å². The molecule has 0 fully saturated rings. The zero-order valence-corrected chi connectivity index (χ0v) is 6.36. The van der Waals surface area contributed by atoms with Crippen LogP contribution in [0.2, 0.25) is 0 Å². The van der Waals surface area contributed by atoms with Gasteiger partial charge in [-0.05, 0) is 23.8 Å². The number of aliphatic carboxylic acids is 1. The summed E-state index contributed by atoms with van der Waals surface area (Å²) in [6.45, 7) is 0. The fourth-order valence-electron chi connectivity index (χ4n) is 0.827. The van der Waals surface area contributed by atoms with Gasteiger partial charge in [0.15, 0.2) is 0 Å². The van der Waals surface area contributed by atoms with Crippen molar-refractivity contribution in [2.75, 3.05) is 5.73 Å². The lowest BCUT2D eigenvalue weighted by Gasteiger charge is -1.95. The number of carboxylic acid groups (broad SMARTS) is 1. The summed E-state index contributed by atoms with van der Waals surface area (Å²) in [7, 11) is 0. The van der Waals surface area contributed by atoms with Crippen LogP contribution >= 0.6 is 0 Å². The number of nitrogen functional groups attached to an aromatic ring is 1. The Morgan fingerprint density at radius 1 is 1.50 bits per heavy atom. The van der Waals surface area contributed by atoms with Gasteiger partial charge in [-0.2, -0.15) is 0 Å². The van der Waals surface area contributed by atoms with Crippen molar-refractivity contribution in [2.45, 2.75) is 0 Å². The van der Waals surface area contributed by atoms with Gasteiger partial charge in [0.2, 0.25) is 0 Å². The van der Waals surface area contributed by atoms with E-state index in [0.29, 0.717) is 5.69 Å². The maximum absolute atomic E-state index is 10.0. The van der Waals surface area contributed by atoms with Gasteiger partial charge >= 0.3 is 0 Å². The van der Waals surface area contributed by atoms with Gasteiger partial charge < -0.3 is 15.6 Å². The Bertz CT molecular complexity index is 318. The third-order valence-electron chi connectivity index (χ3n) is 1.32. The molecule has 0 aliphatic carbocycles. The number of rotatable bonds is 2. The van der Waals surface area contributed by atoms with Crippen molar-refractivity contribution < 1.29 is 9.90 Å². The van der Waals surface area contributed by atoms with Crippen molar-refractivity contribution in [3.8, 4) is 0 Å². The largest absolute Gasteiger partial charge is 0.545 e. The van der Waals surface area contributed by atoms with E-state index in [0.717, 1.165) is 11.6 Å². The lowest BCUT2D eigenvalue weighted by molar-refractivity contribution is -0.297. The highest BCUT2D eigenvalue weighted by molar-refractivity contribution is 5.83. The lowest BCUT2D eigenvalue weighted by Crippen LogP contribution is -2.18. The maximum atomic E-state index is 10.0. The number of carbonyl (C=O) groups is 1. The first-order chi connectivity index (χ1) is 5.68. The second-order valence-electron chi connectivity index (χ2n) is 2.32. The van der Waals surface area contributed by atoms with E-state index < -0.39 is 5.97 Å². The van der Waals surface area contributed by atoms with Gasteiger partial charge in [-0.15, -0.1) is 0 Å². The average molecular weight is 162 g/mol. The molecule has 0 aliphatic heterocycles. The molecule has 12 heavy (non-hydrogen) atoms. The van der Waals surface area contributed by atoms with Gasteiger partial charge in [-0.1, -0.05) is 18.2 Å². The molecule has 3 nitrogen and oxygen atoms in total. The average Bonchev–Trinajstić information content (AvgIpc) is 2.01.